The summed E-state index contributed by atoms with van der Waals surface area (Å²) in [5.41, 5.74) is -0.0752. The highest BCUT2D eigenvalue weighted by molar-refractivity contribution is 5.65. The first kappa shape index (κ1) is 10.4. The molecule has 1 aliphatic rings. The van der Waals surface area contributed by atoms with Crippen LogP contribution in [0.25, 0.3) is 0 Å². The molecular weight excluding hydrogens is 216 g/mol. The molecule has 2 rings (SSSR count). The quantitative estimate of drug-likeness (QED) is 0.591. The molecule has 8 heteroatoms. The third-order valence-electron chi connectivity index (χ3n) is 2.61. The van der Waals surface area contributed by atoms with Gasteiger partial charge >= 0.3 is 11.8 Å². The second kappa shape index (κ2) is 3.80. The fourth-order valence-corrected chi connectivity index (χ4v) is 1.75. The molecule has 1 aromatic heterocycles. The molecule has 0 unspecified atom stereocenters. The zero-order valence-electron chi connectivity index (χ0n) is 8.31. The van der Waals surface area contributed by atoms with E-state index < -0.39 is 11.0 Å². The van der Waals surface area contributed by atoms with Crippen LogP contribution in [0.5, 0.6) is 0 Å². The number of amides is 1. The second-order valence-electron chi connectivity index (χ2n) is 3.61. The fraction of sp³-hybridized carbons (Fsp3) is 0.500. The molecule has 1 atom stereocenters. The molecule has 16 heavy (non-hydrogen) atoms. The lowest BCUT2D eigenvalue weighted by Gasteiger charge is -2.11. The number of carbonyl (C=O) groups is 1. The minimum atomic E-state index is -0.968. The Labute approximate surface area is 90.2 Å². The lowest BCUT2D eigenvalue weighted by molar-refractivity contribution is -0.385. The van der Waals surface area contributed by atoms with Gasteiger partial charge in [-0.05, 0) is 6.42 Å². The molecular formula is C8H10N4O4. The van der Waals surface area contributed by atoms with E-state index in [1.165, 1.54) is 22.0 Å². The number of nitro groups is 1. The standard InChI is InChI=1S/C8H10N4O4/c13-8(14)10-2-1-6(4-10)11-5-7(3-9-11)12(15)16/h3,5-6H,1-2,4H2,(H,13,14)/t6-/m0/s1. The number of aromatic nitrogens is 2. The van der Waals surface area contributed by atoms with Crippen molar-refractivity contribution < 1.29 is 14.8 Å². The Kier molecular flexibility index (Phi) is 2.47. The first-order valence-corrected chi connectivity index (χ1v) is 4.74. The van der Waals surface area contributed by atoms with Crippen LogP contribution in [-0.4, -0.2) is 43.9 Å². The van der Waals surface area contributed by atoms with E-state index in [2.05, 4.69) is 5.10 Å². The van der Waals surface area contributed by atoms with E-state index in [1.807, 2.05) is 0 Å². The summed E-state index contributed by atoms with van der Waals surface area (Å²) >= 11 is 0. The maximum absolute atomic E-state index is 10.7. The average molecular weight is 226 g/mol. The van der Waals surface area contributed by atoms with Crippen molar-refractivity contribution in [1.29, 1.82) is 0 Å². The largest absolute Gasteiger partial charge is 0.465 e. The molecule has 0 saturated carbocycles. The maximum Gasteiger partial charge on any atom is 0.407 e. The van der Waals surface area contributed by atoms with E-state index in [0.717, 1.165) is 0 Å². The van der Waals surface area contributed by atoms with Crippen LogP contribution in [0.2, 0.25) is 0 Å². The zero-order valence-corrected chi connectivity index (χ0v) is 8.31. The van der Waals surface area contributed by atoms with Crippen LogP contribution < -0.4 is 0 Å². The SMILES string of the molecule is O=C(O)N1CC[C@H](n2cc([N+](=O)[O-])cn2)C1. The van der Waals surface area contributed by atoms with E-state index in [9.17, 15) is 14.9 Å². The fourth-order valence-electron chi connectivity index (χ4n) is 1.75. The monoisotopic (exact) mass is 226 g/mol. The summed E-state index contributed by atoms with van der Waals surface area (Å²) in [6.07, 6.45) is 2.16. The highest BCUT2D eigenvalue weighted by atomic mass is 16.6. The predicted octanol–water partition coefficient (Wildman–Crippen LogP) is 0.716. The maximum atomic E-state index is 10.7. The minimum Gasteiger partial charge on any atom is -0.465 e. The Hall–Kier alpha value is -2.12. The molecule has 1 fully saturated rings. The summed E-state index contributed by atoms with van der Waals surface area (Å²) < 4.78 is 1.46. The third kappa shape index (κ3) is 1.81. The Morgan fingerprint density at radius 1 is 1.69 bits per heavy atom. The Bertz CT molecular complexity index is 429. The topological polar surface area (TPSA) is 102 Å². The number of hydrogen-bond donors (Lipinski definition) is 1. The Morgan fingerprint density at radius 3 is 2.94 bits per heavy atom. The van der Waals surface area contributed by atoms with Gasteiger partial charge in [0.25, 0.3) is 0 Å². The van der Waals surface area contributed by atoms with Crippen molar-refractivity contribution >= 4 is 11.8 Å². The average Bonchev–Trinajstić information content (AvgIpc) is 2.86. The first-order chi connectivity index (χ1) is 7.58. The van der Waals surface area contributed by atoms with E-state index >= 15 is 0 Å². The van der Waals surface area contributed by atoms with Gasteiger partial charge in [0, 0.05) is 13.1 Å². The van der Waals surface area contributed by atoms with Crippen LogP contribution in [0.3, 0.4) is 0 Å². The summed E-state index contributed by atoms with van der Waals surface area (Å²) in [6.45, 7) is 0.766. The van der Waals surface area contributed by atoms with Crippen LogP contribution in [-0.2, 0) is 0 Å². The van der Waals surface area contributed by atoms with Crippen molar-refractivity contribution in [3.63, 3.8) is 0 Å². The summed E-state index contributed by atoms with van der Waals surface area (Å²) in [6, 6.07) is -0.107. The van der Waals surface area contributed by atoms with Crippen molar-refractivity contribution in [3.8, 4) is 0 Å². The first-order valence-electron chi connectivity index (χ1n) is 4.74. The summed E-state index contributed by atoms with van der Waals surface area (Å²) in [4.78, 5) is 21.9. The molecule has 0 radical (unpaired) electrons. The number of carboxylic acid groups (broad SMARTS) is 1. The van der Waals surface area contributed by atoms with Gasteiger partial charge in [0.15, 0.2) is 0 Å². The molecule has 1 aromatic rings. The Balaban J connectivity index is 2.08. The summed E-state index contributed by atoms with van der Waals surface area (Å²) in [7, 11) is 0. The predicted molar refractivity (Wildman–Crippen MR) is 52.1 cm³/mol. The van der Waals surface area contributed by atoms with E-state index in [0.29, 0.717) is 19.5 Å². The molecule has 0 aromatic carbocycles. The lowest BCUT2D eigenvalue weighted by atomic mass is 10.3. The molecule has 2 heterocycles. The summed E-state index contributed by atoms with van der Waals surface area (Å²) in [5, 5.41) is 23.1. The van der Waals surface area contributed by atoms with Gasteiger partial charge in [0.2, 0.25) is 0 Å². The lowest BCUT2D eigenvalue weighted by Crippen LogP contribution is -2.27. The van der Waals surface area contributed by atoms with Gasteiger partial charge in [-0.25, -0.2) is 4.79 Å². The van der Waals surface area contributed by atoms with Gasteiger partial charge < -0.3 is 10.0 Å². The number of hydrogen-bond acceptors (Lipinski definition) is 4. The van der Waals surface area contributed by atoms with Crippen molar-refractivity contribution in [2.24, 2.45) is 0 Å². The van der Waals surface area contributed by atoms with Gasteiger partial charge in [0.1, 0.15) is 12.4 Å². The second-order valence-corrected chi connectivity index (χ2v) is 3.61. The molecule has 86 valence electrons. The molecule has 8 nitrogen and oxygen atoms in total. The van der Waals surface area contributed by atoms with Gasteiger partial charge in [-0.1, -0.05) is 0 Å². The highest BCUT2D eigenvalue weighted by Gasteiger charge is 2.28. The van der Waals surface area contributed by atoms with Crippen molar-refractivity contribution in [1.82, 2.24) is 14.7 Å². The Morgan fingerprint density at radius 2 is 2.44 bits per heavy atom. The van der Waals surface area contributed by atoms with Crippen LogP contribution in [0.15, 0.2) is 12.4 Å². The molecule has 0 aliphatic carbocycles. The molecule has 1 aliphatic heterocycles. The van der Waals surface area contributed by atoms with Gasteiger partial charge in [-0.15, -0.1) is 0 Å². The molecule has 1 N–H and O–H groups in total. The highest BCUT2D eigenvalue weighted by Crippen LogP contribution is 2.22. The minimum absolute atomic E-state index is 0.0752. The van der Waals surface area contributed by atoms with Crippen molar-refractivity contribution in [3.05, 3.63) is 22.5 Å². The van der Waals surface area contributed by atoms with Crippen molar-refractivity contribution in [2.45, 2.75) is 12.5 Å². The van der Waals surface area contributed by atoms with E-state index in [-0.39, 0.29) is 11.7 Å². The van der Waals surface area contributed by atoms with Crippen LogP contribution in [0, 0.1) is 10.1 Å². The third-order valence-corrected chi connectivity index (χ3v) is 2.61. The van der Waals surface area contributed by atoms with Gasteiger partial charge in [-0.2, -0.15) is 5.10 Å². The number of nitrogens with zero attached hydrogens (tertiary/aromatic N) is 4. The van der Waals surface area contributed by atoms with Crippen LogP contribution in [0.1, 0.15) is 12.5 Å². The van der Waals surface area contributed by atoms with Gasteiger partial charge in [0.05, 0.1) is 11.0 Å². The van der Waals surface area contributed by atoms with Crippen LogP contribution in [0.4, 0.5) is 10.5 Å². The van der Waals surface area contributed by atoms with Crippen LogP contribution >= 0.6 is 0 Å². The van der Waals surface area contributed by atoms with Gasteiger partial charge in [-0.3, -0.25) is 14.8 Å². The zero-order chi connectivity index (χ0) is 11.7. The number of rotatable bonds is 2. The normalized spacial score (nSPS) is 20.0. The van der Waals surface area contributed by atoms with Crippen molar-refractivity contribution in [2.75, 3.05) is 13.1 Å². The number of likely N-dealkylation sites (tertiary alicyclic amines) is 1. The smallest absolute Gasteiger partial charge is 0.407 e. The molecule has 1 amide bonds. The van der Waals surface area contributed by atoms with E-state index in [4.69, 9.17) is 5.11 Å². The molecule has 1 saturated heterocycles. The summed E-state index contributed by atoms with van der Waals surface area (Å²) in [5.74, 6) is 0. The van der Waals surface area contributed by atoms with E-state index in [1.54, 1.807) is 0 Å². The molecule has 0 bridgehead atoms. The molecule has 0 spiro atoms.